The van der Waals surface area contributed by atoms with Gasteiger partial charge in [0.1, 0.15) is 5.75 Å². The normalized spacial score (nSPS) is 17.5. The molecule has 1 fully saturated rings. The summed E-state index contributed by atoms with van der Waals surface area (Å²) in [4.78, 5) is 16.3. The predicted octanol–water partition coefficient (Wildman–Crippen LogP) is 1.55. The number of amides is 1. The van der Waals surface area contributed by atoms with Crippen molar-refractivity contribution >= 4 is 5.91 Å². The van der Waals surface area contributed by atoms with Gasteiger partial charge in [0, 0.05) is 31.0 Å². The van der Waals surface area contributed by atoms with E-state index < -0.39 is 0 Å². The van der Waals surface area contributed by atoms with E-state index in [4.69, 9.17) is 9.26 Å². The van der Waals surface area contributed by atoms with Crippen LogP contribution < -0.4 is 15.4 Å². The molecule has 1 aliphatic heterocycles. The molecule has 1 amide bonds. The van der Waals surface area contributed by atoms with Gasteiger partial charge in [0.2, 0.25) is 17.6 Å². The van der Waals surface area contributed by atoms with Gasteiger partial charge in [-0.1, -0.05) is 5.16 Å². The first-order chi connectivity index (χ1) is 11.7. The first-order valence-corrected chi connectivity index (χ1v) is 8.21. The first-order valence-electron chi connectivity index (χ1n) is 8.21. The Morgan fingerprint density at radius 3 is 2.96 bits per heavy atom. The number of rotatable bonds is 6. The van der Waals surface area contributed by atoms with Crippen molar-refractivity contribution < 1.29 is 14.1 Å². The molecule has 1 unspecified atom stereocenters. The second-order valence-electron chi connectivity index (χ2n) is 5.85. The van der Waals surface area contributed by atoms with E-state index in [0.717, 1.165) is 37.2 Å². The molecule has 7 heteroatoms. The van der Waals surface area contributed by atoms with Crippen molar-refractivity contribution in [1.29, 1.82) is 0 Å². The Kier molecular flexibility index (Phi) is 5.43. The molecule has 1 saturated heterocycles. The maximum Gasteiger partial charge on any atom is 0.227 e. The van der Waals surface area contributed by atoms with Gasteiger partial charge < -0.3 is 19.9 Å². The first kappa shape index (κ1) is 16.4. The third-order valence-electron chi connectivity index (χ3n) is 4.04. The van der Waals surface area contributed by atoms with Gasteiger partial charge in [-0.2, -0.15) is 4.98 Å². The number of carbonyl (C=O) groups is 1. The molecule has 2 heterocycles. The van der Waals surface area contributed by atoms with Crippen LogP contribution in [0.3, 0.4) is 0 Å². The smallest absolute Gasteiger partial charge is 0.227 e. The molecular formula is C17H22N4O3. The van der Waals surface area contributed by atoms with Crippen molar-refractivity contribution in [3.63, 3.8) is 0 Å². The van der Waals surface area contributed by atoms with Crippen LogP contribution in [0.1, 0.15) is 25.2 Å². The van der Waals surface area contributed by atoms with Crippen LogP contribution in [-0.2, 0) is 11.2 Å². The summed E-state index contributed by atoms with van der Waals surface area (Å²) in [5.74, 6) is 1.78. The number of nitrogens with one attached hydrogen (secondary N) is 2. The van der Waals surface area contributed by atoms with Gasteiger partial charge in [-0.15, -0.1) is 0 Å². The molecular weight excluding hydrogens is 308 g/mol. The highest BCUT2D eigenvalue weighted by Crippen LogP contribution is 2.20. The molecule has 1 aromatic carbocycles. The lowest BCUT2D eigenvalue weighted by molar-refractivity contribution is -0.121. The van der Waals surface area contributed by atoms with Crippen molar-refractivity contribution in [2.45, 2.75) is 31.7 Å². The molecule has 0 spiro atoms. The highest BCUT2D eigenvalue weighted by atomic mass is 16.5. The minimum absolute atomic E-state index is 0.0212. The second kappa shape index (κ2) is 7.92. The second-order valence-corrected chi connectivity index (χ2v) is 5.85. The molecule has 24 heavy (non-hydrogen) atoms. The fourth-order valence-corrected chi connectivity index (χ4v) is 2.71. The van der Waals surface area contributed by atoms with Crippen LogP contribution in [0.15, 0.2) is 28.8 Å². The van der Waals surface area contributed by atoms with E-state index in [1.165, 1.54) is 0 Å². The Balaban J connectivity index is 1.50. The molecule has 128 valence electrons. The van der Waals surface area contributed by atoms with Crippen LogP contribution in [0.5, 0.6) is 5.75 Å². The topological polar surface area (TPSA) is 89.3 Å². The summed E-state index contributed by atoms with van der Waals surface area (Å²) >= 11 is 0. The zero-order valence-electron chi connectivity index (χ0n) is 13.7. The Hall–Kier alpha value is -2.41. The minimum Gasteiger partial charge on any atom is -0.497 e. The Labute approximate surface area is 140 Å². The number of hydrogen-bond acceptors (Lipinski definition) is 6. The van der Waals surface area contributed by atoms with E-state index in [1.54, 1.807) is 7.11 Å². The summed E-state index contributed by atoms with van der Waals surface area (Å²) in [6.07, 6.45) is 2.91. The lowest BCUT2D eigenvalue weighted by atomic mass is 10.1. The Morgan fingerprint density at radius 1 is 1.42 bits per heavy atom. The van der Waals surface area contributed by atoms with Gasteiger partial charge in [-0.25, -0.2) is 0 Å². The Bertz CT molecular complexity index is 663. The summed E-state index contributed by atoms with van der Waals surface area (Å²) in [6, 6.07) is 7.66. The maximum atomic E-state index is 12.0. The van der Waals surface area contributed by atoms with E-state index in [2.05, 4.69) is 20.8 Å². The molecule has 0 bridgehead atoms. The number of nitrogens with zero attached hydrogens (tertiary/aromatic N) is 2. The molecule has 0 radical (unpaired) electrons. The van der Waals surface area contributed by atoms with E-state index in [9.17, 15) is 4.79 Å². The highest BCUT2D eigenvalue weighted by molar-refractivity contribution is 5.76. The van der Waals surface area contributed by atoms with Crippen LogP contribution in [0, 0.1) is 0 Å². The molecule has 3 rings (SSSR count). The van der Waals surface area contributed by atoms with Gasteiger partial charge >= 0.3 is 0 Å². The van der Waals surface area contributed by atoms with Crippen molar-refractivity contribution in [3.8, 4) is 17.1 Å². The van der Waals surface area contributed by atoms with Crippen molar-refractivity contribution in [2.24, 2.45) is 0 Å². The average Bonchev–Trinajstić information content (AvgIpc) is 3.10. The number of aryl methyl sites for hydroxylation is 1. The molecule has 7 nitrogen and oxygen atoms in total. The summed E-state index contributed by atoms with van der Waals surface area (Å²) < 4.78 is 10.4. The van der Waals surface area contributed by atoms with Crippen LogP contribution in [0.4, 0.5) is 0 Å². The maximum absolute atomic E-state index is 12.0. The number of ether oxygens (including phenoxy) is 1. The number of benzene rings is 1. The molecule has 0 saturated carbocycles. The number of hydrogen-bond donors (Lipinski definition) is 2. The fourth-order valence-electron chi connectivity index (χ4n) is 2.71. The molecule has 1 aromatic heterocycles. The van der Waals surface area contributed by atoms with Gasteiger partial charge in [-0.3, -0.25) is 4.79 Å². The van der Waals surface area contributed by atoms with Gasteiger partial charge in [0.05, 0.1) is 7.11 Å². The zero-order valence-corrected chi connectivity index (χ0v) is 13.7. The molecule has 0 aliphatic carbocycles. The largest absolute Gasteiger partial charge is 0.497 e. The lowest BCUT2D eigenvalue weighted by Gasteiger charge is -2.23. The third-order valence-corrected chi connectivity index (χ3v) is 4.04. The van der Waals surface area contributed by atoms with Crippen LogP contribution in [0.2, 0.25) is 0 Å². The van der Waals surface area contributed by atoms with Crippen LogP contribution in [-0.4, -0.2) is 42.3 Å². The van der Waals surface area contributed by atoms with Crippen molar-refractivity contribution in [1.82, 2.24) is 20.8 Å². The predicted molar refractivity (Wildman–Crippen MR) is 88.6 cm³/mol. The summed E-state index contributed by atoms with van der Waals surface area (Å²) in [5.41, 5.74) is 0.850. The number of aromatic nitrogens is 2. The molecule has 2 N–H and O–H groups in total. The van der Waals surface area contributed by atoms with Gasteiger partial charge in [0.15, 0.2) is 0 Å². The fraction of sp³-hybridized carbons (Fsp3) is 0.471. The van der Waals surface area contributed by atoms with E-state index >= 15 is 0 Å². The van der Waals surface area contributed by atoms with Gasteiger partial charge in [0.25, 0.3) is 0 Å². The molecule has 1 aliphatic rings. The quantitative estimate of drug-likeness (QED) is 0.835. The lowest BCUT2D eigenvalue weighted by Crippen LogP contribution is -2.45. The zero-order chi connectivity index (χ0) is 16.8. The summed E-state index contributed by atoms with van der Waals surface area (Å²) in [5, 5.41) is 10.3. The monoisotopic (exact) mass is 330 g/mol. The van der Waals surface area contributed by atoms with E-state index in [0.29, 0.717) is 24.6 Å². The minimum atomic E-state index is 0.0212. The van der Waals surface area contributed by atoms with Crippen LogP contribution >= 0.6 is 0 Å². The number of carbonyl (C=O) groups excluding carboxylic acids is 1. The SMILES string of the molecule is COc1ccc(-c2noc(CCC(=O)NC3CCCNC3)n2)cc1. The summed E-state index contributed by atoms with van der Waals surface area (Å²) in [7, 11) is 1.62. The number of piperidine rings is 1. The summed E-state index contributed by atoms with van der Waals surface area (Å²) in [6.45, 7) is 1.87. The van der Waals surface area contributed by atoms with E-state index in [-0.39, 0.29) is 11.9 Å². The number of methoxy groups -OCH3 is 1. The van der Waals surface area contributed by atoms with Crippen LogP contribution in [0.25, 0.3) is 11.4 Å². The average molecular weight is 330 g/mol. The third kappa shape index (κ3) is 4.32. The van der Waals surface area contributed by atoms with Crippen molar-refractivity contribution in [2.75, 3.05) is 20.2 Å². The van der Waals surface area contributed by atoms with Gasteiger partial charge in [-0.05, 0) is 43.7 Å². The molecule has 1 atom stereocenters. The highest BCUT2D eigenvalue weighted by Gasteiger charge is 2.16. The van der Waals surface area contributed by atoms with Crippen molar-refractivity contribution in [3.05, 3.63) is 30.2 Å². The standard InChI is InChI=1S/C17H22N4O3/c1-23-14-6-4-12(5-7-14)17-20-16(24-21-17)9-8-15(22)19-13-3-2-10-18-11-13/h4-7,13,18H,2-3,8-11H2,1H3,(H,19,22). The van der Waals surface area contributed by atoms with E-state index in [1.807, 2.05) is 24.3 Å². The Morgan fingerprint density at radius 2 is 2.25 bits per heavy atom. The molecule has 2 aromatic rings.